The Morgan fingerprint density at radius 1 is 1.46 bits per heavy atom. The van der Waals surface area contributed by atoms with Crippen LogP contribution in [0.15, 0.2) is 18.2 Å². The Morgan fingerprint density at radius 3 is 2.54 bits per heavy atom. The minimum atomic E-state index is -4.15. The first-order valence-corrected chi connectivity index (χ1v) is 5.19. The summed E-state index contributed by atoms with van der Waals surface area (Å²) in [6.45, 7) is 1.69. The van der Waals surface area contributed by atoms with E-state index in [2.05, 4.69) is 0 Å². The number of rotatable bonds is 2. The zero-order valence-electron chi connectivity index (χ0n) is 6.99. The maximum Gasteiger partial charge on any atom is 0.269 e. The third kappa shape index (κ3) is 3.12. The molecular weight excluding hydrogens is 195 g/mol. The van der Waals surface area contributed by atoms with Crippen molar-refractivity contribution in [3.63, 3.8) is 0 Å². The highest BCUT2D eigenvalue weighted by molar-refractivity contribution is 7.85. The number of aryl methyl sites for hydroxylation is 1. The summed E-state index contributed by atoms with van der Waals surface area (Å²) in [5.41, 5.74) is 0.685. The van der Waals surface area contributed by atoms with Crippen molar-refractivity contribution >= 4 is 10.1 Å². The molecule has 0 unspecified atom stereocenters. The Morgan fingerprint density at radius 2 is 2.08 bits per heavy atom. The number of halogens is 1. The van der Waals surface area contributed by atoms with Gasteiger partial charge in [-0.15, -0.1) is 0 Å². The molecule has 1 N–H and O–H groups in total. The van der Waals surface area contributed by atoms with Gasteiger partial charge in [-0.2, -0.15) is 8.42 Å². The van der Waals surface area contributed by atoms with Crippen molar-refractivity contribution in [3.05, 3.63) is 35.1 Å². The molecule has 0 bridgehead atoms. The van der Waals surface area contributed by atoms with E-state index in [1.807, 2.05) is 0 Å². The molecule has 5 heteroatoms. The van der Waals surface area contributed by atoms with E-state index in [9.17, 15) is 12.8 Å². The molecule has 0 radical (unpaired) electrons. The molecule has 0 aliphatic carbocycles. The molecule has 0 spiro atoms. The first-order valence-electron chi connectivity index (χ1n) is 3.59. The largest absolute Gasteiger partial charge is 0.285 e. The summed E-state index contributed by atoms with van der Waals surface area (Å²) in [5, 5.41) is 0. The average Bonchev–Trinajstić information content (AvgIpc) is 1.93. The average molecular weight is 204 g/mol. The van der Waals surface area contributed by atoms with Crippen molar-refractivity contribution in [2.75, 3.05) is 0 Å². The second-order valence-electron chi connectivity index (χ2n) is 2.82. The predicted octanol–water partition coefficient (Wildman–Crippen LogP) is 1.52. The Balaban J connectivity index is 3.04. The maximum atomic E-state index is 13.0. The molecular formula is C8H9FO3S. The molecule has 0 aliphatic heterocycles. The third-order valence-corrected chi connectivity index (χ3v) is 2.22. The van der Waals surface area contributed by atoms with E-state index >= 15 is 0 Å². The molecule has 0 amide bonds. The summed E-state index contributed by atoms with van der Waals surface area (Å²) < 4.78 is 42.3. The summed E-state index contributed by atoms with van der Waals surface area (Å²) in [7, 11) is -4.15. The molecule has 0 fully saturated rings. The molecule has 1 aromatic rings. The summed E-state index contributed by atoms with van der Waals surface area (Å²) >= 11 is 0. The van der Waals surface area contributed by atoms with Gasteiger partial charge in [0.2, 0.25) is 0 Å². The van der Waals surface area contributed by atoms with Gasteiger partial charge in [-0.3, -0.25) is 4.55 Å². The quantitative estimate of drug-likeness (QED) is 0.743. The van der Waals surface area contributed by atoms with E-state index in [-0.39, 0.29) is 5.56 Å². The fraction of sp³-hybridized carbons (Fsp3) is 0.250. The van der Waals surface area contributed by atoms with Gasteiger partial charge in [0.15, 0.2) is 0 Å². The van der Waals surface area contributed by atoms with Gasteiger partial charge in [-0.25, -0.2) is 4.39 Å². The Hall–Kier alpha value is -0.940. The van der Waals surface area contributed by atoms with E-state index in [4.69, 9.17) is 4.55 Å². The molecule has 13 heavy (non-hydrogen) atoms. The van der Waals surface area contributed by atoms with Crippen LogP contribution in [0.25, 0.3) is 0 Å². The molecule has 0 aromatic heterocycles. The second-order valence-corrected chi connectivity index (χ2v) is 4.27. The second kappa shape index (κ2) is 3.43. The van der Waals surface area contributed by atoms with E-state index in [0.29, 0.717) is 5.56 Å². The molecule has 0 heterocycles. The van der Waals surface area contributed by atoms with Crippen molar-refractivity contribution in [1.82, 2.24) is 0 Å². The van der Waals surface area contributed by atoms with Crippen molar-refractivity contribution < 1.29 is 17.4 Å². The molecule has 3 nitrogen and oxygen atoms in total. The molecule has 72 valence electrons. The number of benzene rings is 1. The van der Waals surface area contributed by atoms with Gasteiger partial charge in [-0.1, -0.05) is 12.1 Å². The topological polar surface area (TPSA) is 54.4 Å². The van der Waals surface area contributed by atoms with Crippen molar-refractivity contribution in [2.24, 2.45) is 0 Å². The minimum absolute atomic E-state index is 0.0203. The van der Waals surface area contributed by atoms with Crippen molar-refractivity contribution in [1.29, 1.82) is 0 Å². The van der Waals surface area contributed by atoms with Gasteiger partial charge < -0.3 is 0 Å². The van der Waals surface area contributed by atoms with Crippen LogP contribution in [0.1, 0.15) is 11.1 Å². The zero-order valence-corrected chi connectivity index (χ0v) is 7.81. The SMILES string of the molecule is Cc1ccc(CS(=O)(=O)O)c(F)c1. The lowest BCUT2D eigenvalue weighted by atomic mass is 10.2. The van der Waals surface area contributed by atoms with Gasteiger partial charge in [-0.05, 0) is 18.6 Å². The monoisotopic (exact) mass is 204 g/mol. The normalized spacial score (nSPS) is 11.6. The fourth-order valence-electron chi connectivity index (χ4n) is 0.966. The van der Waals surface area contributed by atoms with Crippen LogP contribution in [0, 0.1) is 12.7 Å². The van der Waals surface area contributed by atoms with Gasteiger partial charge in [0.05, 0.1) is 0 Å². The van der Waals surface area contributed by atoms with Crippen LogP contribution in [0.2, 0.25) is 0 Å². The zero-order chi connectivity index (χ0) is 10.1. The number of hydrogen-bond acceptors (Lipinski definition) is 2. The first kappa shape index (κ1) is 10.1. The van der Waals surface area contributed by atoms with Gasteiger partial charge in [0, 0.05) is 5.56 Å². The molecule has 0 aliphatic rings. The Bertz CT molecular complexity index is 411. The lowest BCUT2D eigenvalue weighted by molar-refractivity contribution is 0.480. The lowest BCUT2D eigenvalue weighted by Gasteiger charge is -2.01. The molecule has 0 saturated heterocycles. The number of hydrogen-bond donors (Lipinski definition) is 1. The standard InChI is InChI=1S/C8H9FO3S/c1-6-2-3-7(8(9)4-6)5-13(10,11)12/h2-4H,5H2,1H3,(H,10,11,12). The van der Waals surface area contributed by atoms with E-state index in [1.54, 1.807) is 13.0 Å². The van der Waals surface area contributed by atoms with Crippen LogP contribution in [0.3, 0.4) is 0 Å². The highest BCUT2D eigenvalue weighted by Crippen LogP contribution is 2.12. The first-order chi connectivity index (χ1) is 5.88. The van der Waals surface area contributed by atoms with Crippen molar-refractivity contribution in [2.45, 2.75) is 12.7 Å². The maximum absolute atomic E-state index is 13.0. The molecule has 1 aromatic carbocycles. The highest BCUT2D eigenvalue weighted by atomic mass is 32.2. The lowest BCUT2D eigenvalue weighted by Crippen LogP contribution is -2.03. The summed E-state index contributed by atoms with van der Waals surface area (Å²) in [6, 6.07) is 4.16. The fourth-order valence-corrected chi connectivity index (χ4v) is 1.59. The molecule has 0 atom stereocenters. The van der Waals surface area contributed by atoms with Crippen molar-refractivity contribution in [3.8, 4) is 0 Å². The Kier molecular flexibility index (Phi) is 2.68. The van der Waals surface area contributed by atoms with Crippen LogP contribution in [-0.2, 0) is 15.9 Å². The summed E-state index contributed by atoms with van der Waals surface area (Å²) in [4.78, 5) is 0. The van der Waals surface area contributed by atoms with Gasteiger partial charge >= 0.3 is 0 Å². The summed E-state index contributed by atoms with van der Waals surface area (Å²) in [6.07, 6.45) is 0. The molecule has 1 rings (SSSR count). The van der Waals surface area contributed by atoms with Crippen LogP contribution in [-0.4, -0.2) is 13.0 Å². The molecule has 0 saturated carbocycles. The van der Waals surface area contributed by atoms with Crippen LogP contribution >= 0.6 is 0 Å². The smallest absolute Gasteiger partial charge is 0.269 e. The summed E-state index contributed by atoms with van der Waals surface area (Å²) in [5.74, 6) is -1.29. The predicted molar refractivity (Wildman–Crippen MR) is 46.4 cm³/mol. The van der Waals surface area contributed by atoms with Crippen LogP contribution < -0.4 is 0 Å². The van der Waals surface area contributed by atoms with E-state index < -0.39 is 21.7 Å². The third-order valence-electron chi connectivity index (χ3n) is 1.55. The van der Waals surface area contributed by atoms with Gasteiger partial charge in [0.25, 0.3) is 10.1 Å². The van der Waals surface area contributed by atoms with E-state index in [0.717, 1.165) is 0 Å². The van der Waals surface area contributed by atoms with Crippen LogP contribution in [0.4, 0.5) is 4.39 Å². The van der Waals surface area contributed by atoms with E-state index in [1.165, 1.54) is 12.1 Å². The Labute approximate surface area is 76.0 Å². The highest BCUT2D eigenvalue weighted by Gasteiger charge is 2.10. The minimum Gasteiger partial charge on any atom is -0.285 e. The van der Waals surface area contributed by atoms with Gasteiger partial charge in [0.1, 0.15) is 11.6 Å². The van der Waals surface area contributed by atoms with Crippen LogP contribution in [0.5, 0.6) is 0 Å².